The van der Waals surface area contributed by atoms with Gasteiger partial charge in [-0.25, -0.2) is 0 Å². The molecule has 2 fully saturated rings. The van der Waals surface area contributed by atoms with Crippen molar-refractivity contribution in [3.05, 3.63) is 0 Å². The van der Waals surface area contributed by atoms with E-state index in [1.54, 1.807) is 0 Å². The molecule has 2 saturated heterocycles. The summed E-state index contributed by atoms with van der Waals surface area (Å²) in [5.41, 5.74) is -0.0816. The van der Waals surface area contributed by atoms with Crippen LogP contribution in [0, 0.1) is 11.3 Å². The van der Waals surface area contributed by atoms with E-state index in [0.717, 1.165) is 25.9 Å². The van der Waals surface area contributed by atoms with Gasteiger partial charge in [0.05, 0.1) is 6.07 Å². The first-order valence-corrected chi connectivity index (χ1v) is 6.27. The predicted octanol–water partition coefficient (Wildman–Crippen LogP) is 1.87. The fraction of sp³-hybridized carbons (Fsp3) is 0.900. The van der Waals surface area contributed by atoms with Crippen molar-refractivity contribution < 1.29 is 0 Å². The van der Waals surface area contributed by atoms with Gasteiger partial charge >= 0.3 is 0 Å². The van der Waals surface area contributed by atoms with E-state index >= 15 is 0 Å². The lowest BCUT2D eigenvalue weighted by molar-refractivity contribution is 0.162. The standard InChI is InChI=1S/C10H16N2S/c11-9-10(3-7-13-8-4-10)12-5-1-2-6-12/h1-8H2. The topological polar surface area (TPSA) is 27.0 Å². The van der Waals surface area contributed by atoms with Crippen LogP contribution in [0.4, 0.5) is 0 Å². The number of thioether (sulfide) groups is 1. The van der Waals surface area contributed by atoms with Crippen LogP contribution in [-0.4, -0.2) is 35.0 Å². The number of nitrogens with zero attached hydrogens (tertiary/aromatic N) is 2. The molecule has 2 aliphatic rings. The van der Waals surface area contributed by atoms with Crippen molar-refractivity contribution in [1.29, 1.82) is 5.26 Å². The van der Waals surface area contributed by atoms with Gasteiger partial charge in [0.15, 0.2) is 0 Å². The smallest absolute Gasteiger partial charge is 0.110 e. The van der Waals surface area contributed by atoms with Crippen molar-refractivity contribution >= 4 is 11.8 Å². The molecule has 0 bridgehead atoms. The second kappa shape index (κ2) is 3.89. The lowest BCUT2D eigenvalue weighted by atomic mass is 9.92. The fourth-order valence-electron chi connectivity index (χ4n) is 2.35. The molecule has 0 aromatic rings. The van der Waals surface area contributed by atoms with E-state index in [-0.39, 0.29) is 5.54 Å². The molecule has 0 aromatic heterocycles. The average molecular weight is 196 g/mol. The van der Waals surface area contributed by atoms with Crippen LogP contribution in [-0.2, 0) is 0 Å². The number of hydrogen-bond donors (Lipinski definition) is 0. The SMILES string of the molecule is N#CC1(N2CCCC2)CCSCC1. The highest BCUT2D eigenvalue weighted by Crippen LogP contribution is 2.34. The Morgan fingerprint density at radius 2 is 1.77 bits per heavy atom. The Hall–Kier alpha value is -0.200. The van der Waals surface area contributed by atoms with Crippen molar-refractivity contribution in [3.8, 4) is 6.07 Å². The normalized spacial score (nSPS) is 28.5. The molecule has 3 heteroatoms. The Labute approximate surface area is 84.3 Å². The Balaban J connectivity index is 2.08. The Morgan fingerprint density at radius 1 is 1.15 bits per heavy atom. The number of nitriles is 1. The third kappa shape index (κ3) is 1.70. The maximum Gasteiger partial charge on any atom is 0.110 e. The van der Waals surface area contributed by atoms with Crippen molar-refractivity contribution in [2.24, 2.45) is 0 Å². The van der Waals surface area contributed by atoms with Crippen molar-refractivity contribution in [2.45, 2.75) is 31.2 Å². The molecule has 2 nitrogen and oxygen atoms in total. The summed E-state index contributed by atoms with van der Waals surface area (Å²) in [5.74, 6) is 2.34. The van der Waals surface area contributed by atoms with Crippen LogP contribution in [0.3, 0.4) is 0 Å². The molecule has 0 amide bonds. The van der Waals surface area contributed by atoms with Crippen molar-refractivity contribution in [2.75, 3.05) is 24.6 Å². The van der Waals surface area contributed by atoms with Crippen LogP contribution in [0.5, 0.6) is 0 Å². The summed E-state index contributed by atoms with van der Waals surface area (Å²) in [7, 11) is 0. The van der Waals surface area contributed by atoms with Gasteiger partial charge in [0.25, 0.3) is 0 Å². The van der Waals surface area contributed by atoms with Crippen LogP contribution in [0.25, 0.3) is 0 Å². The molecule has 2 heterocycles. The van der Waals surface area contributed by atoms with Crippen LogP contribution < -0.4 is 0 Å². The van der Waals surface area contributed by atoms with Crippen molar-refractivity contribution in [3.63, 3.8) is 0 Å². The van der Waals surface area contributed by atoms with E-state index in [2.05, 4.69) is 11.0 Å². The molecule has 0 N–H and O–H groups in total. The van der Waals surface area contributed by atoms with Crippen molar-refractivity contribution in [1.82, 2.24) is 4.90 Å². The molecule has 2 aliphatic heterocycles. The average Bonchev–Trinajstić information content (AvgIpc) is 2.72. The summed E-state index contributed by atoms with van der Waals surface area (Å²) in [5, 5.41) is 9.30. The van der Waals surface area contributed by atoms with Gasteiger partial charge in [-0.1, -0.05) is 0 Å². The first-order valence-electron chi connectivity index (χ1n) is 5.11. The molecular weight excluding hydrogens is 180 g/mol. The van der Waals surface area contributed by atoms with Gasteiger partial charge in [-0.2, -0.15) is 17.0 Å². The largest absolute Gasteiger partial charge is 0.285 e. The van der Waals surface area contributed by atoms with Gasteiger partial charge in [0, 0.05) is 0 Å². The van der Waals surface area contributed by atoms with E-state index in [9.17, 15) is 5.26 Å². The van der Waals surface area contributed by atoms with Gasteiger partial charge < -0.3 is 0 Å². The van der Waals surface area contributed by atoms with Gasteiger partial charge in [-0.3, -0.25) is 4.90 Å². The molecular formula is C10H16N2S. The minimum Gasteiger partial charge on any atom is -0.285 e. The molecule has 0 aromatic carbocycles. The van der Waals surface area contributed by atoms with Crippen LogP contribution in [0.2, 0.25) is 0 Å². The van der Waals surface area contributed by atoms with Crippen LogP contribution >= 0.6 is 11.8 Å². The maximum atomic E-state index is 9.30. The Morgan fingerprint density at radius 3 is 2.31 bits per heavy atom. The molecule has 0 spiro atoms. The molecule has 0 saturated carbocycles. The molecule has 0 atom stereocenters. The lowest BCUT2D eigenvalue weighted by Crippen LogP contribution is -2.48. The quantitative estimate of drug-likeness (QED) is 0.640. The molecule has 0 unspecified atom stereocenters. The van der Waals surface area contributed by atoms with Gasteiger partial charge in [-0.15, -0.1) is 0 Å². The van der Waals surface area contributed by atoms with E-state index in [4.69, 9.17) is 0 Å². The van der Waals surface area contributed by atoms with E-state index in [0.29, 0.717) is 0 Å². The number of likely N-dealkylation sites (tertiary alicyclic amines) is 1. The van der Waals surface area contributed by atoms with Gasteiger partial charge in [0.2, 0.25) is 0 Å². The lowest BCUT2D eigenvalue weighted by Gasteiger charge is -2.38. The third-order valence-corrected chi connectivity index (χ3v) is 4.23. The van der Waals surface area contributed by atoms with E-state index < -0.39 is 0 Å². The monoisotopic (exact) mass is 196 g/mol. The second-order valence-electron chi connectivity index (χ2n) is 3.95. The zero-order valence-electron chi connectivity index (χ0n) is 7.96. The fourth-order valence-corrected chi connectivity index (χ4v) is 3.52. The summed E-state index contributed by atoms with van der Waals surface area (Å²) in [6, 6.07) is 2.57. The van der Waals surface area contributed by atoms with Gasteiger partial charge in [-0.05, 0) is 50.3 Å². The zero-order valence-corrected chi connectivity index (χ0v) is 8.78. The molecule has 2 rings (SSSR count). The molecule has 72 valence electrons. The third-order valence-electron chi connectivity index (χ3n) is 3.24. The highest BCUT2D eigenvalue weighted by Gasteiger charge is 2.39. The van der Waals surface area contributed by atoms with Crippen LogP contribution in [0.15, 0.2) is 0 Å². The second-order valence-corrected chi connectivity index (χ2v) is 5.17. The maximum absolute atomic E-state index is 9.30. The Bertz CT molecular complexity index is 209. The van der Waals surface area contributed by atoms with Crippen LogP contribution in [0.1, 0.15) is 25.7 Å². The number of rotatable bonds is 1. The van der Waals surface area contributed by atoms with Gasteiger partial charge in [0.1, 0.15) is 5.54 Å². The Kier molecular flexibility index (Phi) is 2.80. The minimum absolute atomic E-state index is 0.0816. The molecule has 0 aliphatic carbocycles. The highest BCUT2D eigenvalue weighted by molar-refractivity contribution is 7.99. The molecule has 13 heavy (non-hydrogen) atoms. The molecule has 0 radical (unpaired) electrons. The summed E-state index contributed by atoms with van der Waals surface area (Å²) in [4.78, 5) is 2.42. The summed E-state index contributed by atoms with van der Waals surface area (Å²) >= 11 is 1.99. The summed E-state index contributed by atoms with van der Waals surface area (Å²) in [6.07, 6.45) is 4.73. The summed E-state index contributed by atoms with van der Waals surface area (Å²) in [6.45, 7) is 2.30. The summed E-state index contributed by atoms with van der Waals surface area (Å²) < 4.78 is 0. The van der Waals surface area contributed by atoms with E-state index in [1.807, 2.05) is 11.8 Å². The highest BCUT2D eigenvalue weighted by atomic mass is 32.2. The first kappa shape index (κ1) is 9.36. The number of hydrogen-bond acceptors (Lipinski definition) is 3. The minimum atomic E-state index is -0.0816. The zero-order chi connectivity index (χ0) is 9.15. The first-order chi connectivity index (χ1) is 6.37. The predicted molar refractivity (Wildman–Crippen MR) is 55.7 cm³/mol. The van der Waals surface area contributed by atoms with E-state index in [1.165, 1.54) is 24.3 Å².